The third-order valence-electron chi connectivity index (χ3n) is 2.31. The van der Waals surface area contributed by atoms with E-state index in [9.17, 15) is 14.9 Å². The van der Waals surface area contributed by atoms with Crippen LogP contribution in [0.15, 0.2) is 12.1 Å². The molecular weight excluding hydrogens is 283 g/mol. The van der Waals surface area contributed by atoms with Gasteiger partial charge in [0.25, 0.3) is 5.69 Å². The van der Waals surface area contributed by atoms with Crippen LogP contribution in [0.25, 0.3) is 11.0 Å². The number of aromatic nitrogens is 2. The number of aliphatic carboxylic acids is 1. The molecule has 0 radical (unpaired) electrons. The number of rotatable bonds is 3. The summed E-state index contributed by atoms with van der Waals surface area (Å²) in [5.74, 6) is -2.75. The number of benzene rings is 1. The van der Waals surface area contributed by atoms with Crippen LogP contribution in [0, 0.1) is 21.4 Å². The topological polar surface area (TPSA) is 130 Å². The number of carboxylic acids is 1. The normalized spacial score (nSPS) is 11.3. The zero-order valence-corrected chi connectivity index (χ0v) is 9.42. The standard InChI is InChI=1S/C9H4N4O4S.Na.H/c10-3-5(9(14)15)4-1-2-6(13(16)17)8-7(4)11-18-12-8;;/h1-2,5H,(H,14,15);;. The van der Waals surface area contributed by atoms with Crippen molar-refractivity contribution in [1.29, 1.82) is 5.26 Å². The number of hydrogen-bond acceptors (Lipinski definition) is 7. The van der Waals surface area contributed by atoms with Crippen molar-refractivity contribution >= 4 is 64.0 Å². The van der Waals surface area contributed by atoms with E-state index in [0.717, 1.165) is 17.8 Å². The van der Waals surface area contributed by atoms with Crippen molar-refractivity contribution in [3.05, 3.63) is 27.8 Å². The molecule has 0 aliphatic heterocycles. The summed E-state index contributed by atoms with van der Waals surface area (Å²) in [5, 5.41) is 28.5. The number of hydrogen-bond donors (Lipinski definition) is 1. The van der Waals surface area contributed by atoms with Crippen molar-refractivity contribution in [3.8, 4) is 6.07 Å². The van der Waals surface area contributed by atoms with Crippen molar-refractivity contribution in [3.63, 3.8) is 0 Å². The Hall–Kier alpha value is -1.60. The number of non-ortho nitro benzene ring substituents is 1. The summed E-state index contributed by atoms with van der Waals surface area (Å²) in [5.41, 5.74) is -0.0592. The predicted octanol–water partition coefficient (Wildman–Crippen LogP) is 0.643. The molecule has 2 rings (SSSR count). The molecule has 0 aliphatic rings. The molecule has 10 heteroatoms. The number of nitro benzene ring substituents is 1. The molecular formula is C9H5N4NaO4S. The zero-order valence-electron chi connectivity index (χ0n) is 8.60. The summed E-state index contributed by atoms with van der Waals surface area (Å²) in [6.45, 7) is 0. The Labute approximate surface area is 132 Å². The number of nitriles is 1. The molecule has 0 aliphatic carbocycles. The zero-order chi connectivity index (χ0) is 13.3. The number of carbonyl (C=O) groups is 1. The second kappa shape index (κ2) is 6.03. The number of carboxylic acid groups (broad SMARTS) is 1. The molecule has 0 saturated heterocycles. The average Bonchev–Trinajstić information content (AvgIpc) is 2.78. The molecule has 1 heterocycles. The maximum absolute atomic E-state index is 10.9. The first-order valence-corrected chi connectivity index (χ1v) is 5.31. The fraction of sp³-hybridized carbons (Fsp3) is 0.111. The number of nitro groups is 1. The minimum atomic E-state index is -1.42. The van der Waals surface area contributed by atoms with Crippen molar-refractivity contribution < 1.29 is 14.8 Å². The molecule has 1 aromatic carbocycles. The SMILES string of the molecule is N#CC(C(=O)O)c1ccc([N+](=O)[O-])c2nsnc12.[NaH]. The van der Waals surface area contributed by atoms with Gasteiger partial charge in [-0.1, -0.05) is 0 Å². The minimum absolute atomic E-state index is 0. The van der Waals surface area contributed by atoms with Gasteiger partial charge in [0.05, 0.1) is 22.7 Å². The van der Waals surface area contributed by atoms with Crippen LogP contribution in [0.1, 0.15) is 11.5 Å². The molecule has 8 nitrogen and oxygen atoms in total. The van der Waals surface area contributed by atoms with Gasteiger partial charge in [-0.15, -0.1) is 0 Å². The summed E-state index contributed by atoms with van der Waals surface area (Å²) >= 11 is 0.731. The van der Waals surface area contributed by atoms with Gasteiger partial charge >= 0.3 is 35.5 Å². The Kier molecular flexibility index (Phi) is 4.90. The quantitative estimate of drug-likeness (QED) is 0.498. The summed E-state index contributed by atoms with van der Waals surface area (Å²) in [4.78, 5) is 21.0. The maximum atomic E-state index is 10.9. The fourth-order valence-electron chi connectivity index (χ4n) is 1.51. The van der Waals surface area contributed by atoms with E-state index in [-0.39, 0.29) is 51.8 Å². The Morgan fingerprint density at radius 2 is 2.11 bits per heavy atom. The predicted molar refractivity (Wildman–Crippen MR) is 67.2 cm³/mol. The van der Waals surface area contributed by atoms with E-state index in [1.807, 2.05) is 0 Å². The summed E-state index contributed by atoms with van der Waals surface area (Å²) in [6.07, 6.45) is 0. The van der Waals surface area contributed by atoms with Gasteiger partial charge in [-0.05, 0) is 6.07 Å². The number of nitrogens with zero attached hydrogens (tertiary/aromatic N) is 4. The van der Waals surface area contributed by atoms with Crippen LogP contribution in [0.4, 0.5) is 5.69 Å². The molecule has 0 saturated carbocycles. The first-order valence-electron chi connectivity index (χ1n) is 4.58. The van der Waals surface area contributed by atoms with E-state index in [2.05, 4.69) is 8.75 Å². The summed E-state index contributed by atoms with van der Waals surface area (Å²) in [7, 11) is 0. The summed E-state index contributed by atoms with van der Waals surface area (Å²) in [6, 6.07) is 3.97. The molecule has 0 bridgehead atoms. The van der Waals surface area contributed by atoms with E-state index < -0.39 is 16.8 Å². The van der Waals surface area contributed by atoms with Gasteiger partial charge in [-0.25, -0.2) is 0 Å². The van der Waals surface area contributed by atoms with E-state index in [1.54, 1.807) is 6.07 Å². The third kappa shape index (κ3) is 2.71. The van der Waals surface area contributed by atoms with E-state index >= 15 is 0 Å². The van der Waals surface area contributed by atoms with Crippen LogP contribution < -0.4 is 0 Å². The Morgan fingerprint density at radius 1 is 1.47 bits per heavy atom. The van der Waals surface area contributed by atoms with Crippen LogP contribution in [0.2, 0.25) is 0 Å². The van der Waals surface area contributed by atoms with E-state index in [4.69, 9.17) is 10.4 Å². The van der Waals surface area contributed by atoms with Crippen LogP contribution in [0.3, 0.4) is 0 Å². The van der Waals surface area contributed by atoms with Crippen LogP contribution in [-0.4, -0.2) is 54.3 Å². The van der Waals surface area contributed by atoms with Crippen molar-refractivity contribution in [2.45, 2.75) is 5.92 Å². The third-order valence-corrected chi connectivity index (χ3v) is 2.84. The van der Waals surface area contributed by atoms with Crippen molar-refractivity contribution in [2.75, 3.05) is 0 Å². The molecule has 1 unspecified atom stereocenters. The van der Waals surface area contributed by atoms with Crippen LogP contribution >= 0.6 is 11.7 Å². The van der Waals surface area contributed by atoms with Gasteiger partial charge in [-0.2, -0.15) is 14.0 Å². The van der Waals surface area contributed by atoms with Gasteiger partial charge in [0.1, 0.15) is 5.52 Å². The molecule has 0 amide bonds. The fourth-order valence-corrected chi connectivity index (χ4v) is 2.09. The molecule has 92 valence electrons. The average molecular weight is 288 g/mol. The summed E-state index contributed by atoms with van der Waals surface area (Å²) < 4.78 is 7.59. The first-order chi connectivity index (χ1) is 8.56. The van der Waals surface area contributed by atoms with Crippen LogP contribution in [0.5, 0.6) is 0 Å². The van der Waals surface area contributed by atoms with Gasteiger partial charge < -0.3 is 5.11 Å². The molecule has 1 aromatic heterocycles. The number of fused-ring (bicyclic) bond motifs is 1. The van der Waals surface area contributed by atoms with Gasteiger partial charge in [0.15, 0.2) is 11.4 Å². The molecule has 1 atom stereocenters. The molecule has 19 heavy (non-hydrogen) atoms. The van der Waals surface area contributed by atoms with Crippen molar-refractivity contribution in [1.82, 2.24) is 8.75 Å². The molecule has 0 spiro atoms. The second-order valence-electron chi connectivity index (χ2n) is 3.29. The Bertz CT molecular complexity index is 695. The van der Waals surface area contributed by atoms with Gasteiger partial charge in [0.2, 0.25) is 0 Å². The first kappa shape index (κ1) is 15.5. The van der Waals surface area contributed by atoms with E-state index in [1.165, 1.54) is 6.07 Å². The second-order valence-corrected chi connectivity index (χ2v) is 3.82. The molecule has 2 aromatic rings. The Morgan fingerprint density at radius 3 is 2.63 bits per heavy atom. The van der Waals surface area contributed by atoms with E-state index in [0.29, 0.717) is 0 Å². The Balaban J connectivity index is 0.00000180. The van der Waals surface area contributed by atoms with Gasteiger partial charge in [-0.3, -0.25) is 14.9 Å². The molecule has 1 N–H and O–H groups in total. The van der Waals surface area contributed by atoms with Crippen LogP contribution in [-0.2, 0) is 4.79 Å². The van der Waals surface area contributed by atoms with Gasteiger partial charge in [0, 0.05) is 11.6 Å². The van der Waals surface area contributed by atoms with Crippen molar-refractivity contribution in [2.24, 2.45) is 0 Å². The monoisotopic (exact) mass is 288 g/mol. The molecule has 0 fully saturated rings.